The summed E-state index contributed by atoms with van der Waals surface area (Å²) in [6.45, 7) is 2.25. The second-order valence-corrected chi connectivity index (χ2v) is 6.00. The molecule has 2 aromatic heterocycles. The van der Waals surface area contributed by atoms with Crippen molar-refractivity contribution in [3.05, 3.63) is 69.8 Å². The fraction of sp³-hybridized carbons (Fsp3) is 0.263. The van der Waals surface area contributed by atoms with Gasteiger partial charge in [-0.15, -0.1) is 0 Å². The van der Waals surface area contributed by atoms with Crippen molar-refractivity contribution in [3.8, 4) is 11.6 Å². The topological polar surface area (TPSA) is 108 Å². The molecular formula is C19H20N4O5. The summed E-state index contributed by atoms with van der Waals surface area (Å²) in [5.74, 6) is -0.168. The summed E-state index contributed by atoms with van der Waals surface area (Å²) < 4.78 is 17.1. The van der Waals surface area contributed by atoms with Crippen LogP contribution in [0.25, 0.3) is 0 Å². The summed E-state index contributed by atoms with van der Waals surface area (Å²) >= 11 is 0. The Bertz CT molecular complexity index is 997. The highest BCUT2D eigenvalue weighted by Crippen LogP contribution is 2.15. The average molecular weight is 384 g/mol. The minimum Gasteiger partial charge on any atom is -0.483 e. The molecule has 0 atom stereocenters. The van der Waals surface area contributed by atoms with E-state index in [9.17, 15) is 9.59 Å². The van der Waals surface area contributed by atoms with E-state index in [1.165, 1.54) is 12.3 Å². The van der Waals surface area contributed by atoms with Gasteiger partial charge in [0.1, 0.15) is 18.9 Å². The lowest BCUT2D eigenvalue weighted by Gasteiger charge is -2.14. The lowest BCUT2D eigenvalue weighted by atomic mass is 10.2. The van der Waals surface area contributed by atoms with E-state index in [2.05, 4.69) is 20.3 Å². The van der Waals surface area contributed by atoms with Crippen LogP contribution in [0.4, 0.5) is 0 Å². The molecule has 0 saturated heterocycles. The third kappa shape index (κ3) is 4.56. The Balaban J connectivity index is 1.66. The van der Waals surface area contributed by atoms with E-state index in [0.29, 0.717) is 5.69 Å². The van der Waals surface area contributed by atoms with E-state index in [1.54, 1.807) is 18.5 Å². The molecule has 28 heavy (non-hydrogen) atoms. The van der Waals surface area contributed by atoms with E-state index < -0.39 is 5.91 Å². The third-order valence-corrected chi connectivity index (χ3v) is 3.92. The van der Waals surface area contributed by atoms with Gasteiger partial charge >= 0.3 is 0 Å². The molecule has 0 unspecified atom stereocenters. The van der Waals surface area contributed by atoms with Gasteiger partial charge in [-0.2, -0.15) is 0 Å². The van der Waals surface area contributed by atoms with Gasteiger partial charge in [0.25, 0.3) is 11.8 Å². The SMILES string of the molecule is Cc1nonc1OCCNC(=O)c1c(OCc2ccccc2)c(=O)ccn1C. The normalized spacial score (nSPS) is 10.5. The first-order valence-corrected chi connectivity index (χ1v) is 8.63. The molecule has 9 nitrogen and oxygen atoms in total. The summed E-state index contributed by atoms with van der Waals surface area (Å²) in [6, 6.07) is 10.8. The van der Waals surface area contributed by atoms with Crippen molar-refractivity contribution in [1.82, 2.24) is 20.2 Å². The average Bonchev–Trinajstić information content (AvgIpc) is 3.11. The van der Waals surface area contributed by atoms with Crippen LogP contribution in [0, 0.1) is 6.92 Å². The number of hydrogen-bond donors (Lipinski definition) is 1. The highest BCUT2D eigenvalue weighted by atomic mass is 16.6. The lowest BCUT2D eigenvalue weighted by molar-refractivity contribution is 0.0931. The Hall–Kier alpha value is -3.62. The number of carbonyl (C=O) groups is 1. The number of nitrogens with zero attached hydrogens (tertiary/aromatic N) is 3. The first-order valence-electron chi connectivity index (χ1n) is 8.63. The van der Waals surface area contributed by atoms with Crippen LogP contribution >= 0.6 is 0 Å². The summed E-state index contributed by atoms with van der Waals surface area (Å²) in [7, 11) is 1.67. The van der Waals surface area contributed by atoms with E-state index >= 15 is 0 Å². The number of nitrogens with one attached hydrogen (secondary N) is 1. The van der Waals surface area contributed by atoms with Crippen LogP contribution in [0.5, 0.6) is 11.6 Å². The zero-order valence-electron chi connectivity index (χ0n) is 15.5. The molecule has 146 valence electrons. The van der Waals surface area contributed by atoms with Crippen LogP contribution in [0.3, 0.4) is 0 Å². The summed E-state index contributed by atoms with van der Waals surface area (Å²) in [4.78, 5) is 24.9. The Morgan fingerprint density at radius 2 is 1.96 bits per heavy atom. The highest BCUT2D eigenvalue weighted by Gasteiger charge is 2.19. The minimum absolute atomic E-state index is 0.00353. The van der Waals surface area contributed by atoms with Gasteiger partial charge in [0.15, 0.2) is 11.4 Å². The third-order valence-electron chi connectivity index (χ3n) is 3.92. The standard InChI is InChI=1S/C19H20N4O5/c1-13-19(22-28-21-13)26-11-9-20-18(25)16-17(15(24)8-10-23(16)2)27-12-14-6-4-3-5-7-14/h3-8,10H,9,11-12H2,1-2H3,(H,20,25). The fourth-order valence-electron chi connectivity index (χ4n) is 2.49. The molecule has 2 heterocycles. The monoisotopic (exact) mass is 384 g/mol. The molecule has 0 aliphatic rings. The zero-order valence-corrected chi connectivity index (χ0v) is 15.5. The molecule has 9 heteroatoms. The van der Waals surface area contributed by atoms with Crippen LogP contribution in [0.15, 0.2) is 52.0 Å². The number of hydrogen-bond acceptors (Lipinski definition) is 7. The molecule has 0 spiro atoms. The van der Waals surface area contributed by atoms with Gasteiger partial charge in [-0.1, -0.05) is 35.5 Å². The minimum atomic E-state index is -0.443. The van der Waals surface area contributed by atoms with Gasteiger partial charge in [-0.25, -0.2) is 4.63 Å². The molecular weight excluding hydrogens is 364 g/mol. The van der Waals surface area contributed by atoms with Crippen molar-refractivity contribution in [2.24, 2.45) is 7.05 Å². The van der Waals surface area contributed by atoms with Gasteiger partial charge in [0.05, 0.1) is 6.54 Å². The maximum Gasteiger partial charge on any atom is 0.278 e. The van der Waals surface area contributed by atoms with Gasteiger partial charge in [-0.3, -0.25) is 9.59 Å². The molecule has 0 fully saturated rings. The van der Waals surface area contributed by atoms with Crippen LogP contribution in [0.1, 0.15) is 21.7 Å². The number of pyridine rings is 1. The smallest absolute Gasteiger partial charge is 0.278 e. The van der Waals surface area contributed by atoms with Crippen molar-refractivity contribution in [1.29, 1.82) is 0 Å². The predicted molar refractivity (Wildman–Crippen MR) is 99.3 cm³/mol. The van der Waals surface area contributed by atoms with Crippen LogP contribution in [0.2, 0.25) is 0 Å². The molecule has 3 aromatic rings. The van der Waals surface area contributed by atoms with Gasteiger partial charge in [0, 0.05) is 19.3 Å². The zero-order chi connectivity index (χ0) is 19.9. The Morgan fingerprint density at radius 3 is 2.68 bits per heavy atom. The number of aryl methyl sites for hydroxylation is 2. The summed E-state index contributed by atoms with van der Waals surface area (Å²) in [5, 5.41) is 9.91. The largest absolute Gasteiger partial charge is 0.483 e. The fourth-order valence-corrected chi connectivity index (χ4v) is 2.49. The number of benzene rings is 1. The van der Waals surface area contributed by atoms with Crippen molar-refractivity contribution in [2.45, 2.75) is 13.5 Å². The maximum absolute atomic E-state index is 12.6. The number of ether oxygens (including phenoxy) is 2. The quantitative estimate of drug-likeness (QED) is 0.586. The molecule has 0 aliphatic carbocycles. The summed E-state index contributed by atoms with van der Waals surface area (Å²) in [6.07, 6.45) is 1.52. The Labute approximate surface area is 160 Å². The van der Waals surface area contributed by atoms with Crippen molar-refractivity contribution >= 4 is 5.91 Å². The molecule has 3 rings (SSSR count). The van der Waals surface area contributed by atoms with E-state index in [4.69, 9.17) is 9.47 Å². The molecule has 1 aromatic carbocycles. The predicted octanol–water partition coefficient (Wildman–Crippen LogP) is 1.46. The second-order valence-electron chi connectivity index (χ2n) is 6.00. The van der Waals surface area contributed by atoms with Crippen molar-refractivity contribution in [2.75, 3.05) is 13.2 Å². The molecule has 0 saturated carbocycles. The number of carbonyl (C=O) groups excluding carboxylic acids is 1. The first kappa shape index (κ1) is 19.2. The number of aromatic nitrogens is 3. The van der Waals surface area contributed by atoms with Crippen LogP contribution < -0.4 is 20.2 Å². The number of rotatable bonds is 8. The van der Waals surface area contributed by atoms with Gasteiger partial charge in [0.2, 0.25) is 5.43 Å². The molecule has 0 aliphatic heterocycles. The molecule has 0 bridgehead atoms. The second kappa shape index (κ2) is 8.85. The lowest BCUT2D eigenvalue weighted by Crippen LogP contribution is -2.32. The summed E-state index contributed by atoms with van der Waals surface area (Å²) in [5.41, 5.74) is 1.19. The van der Waals surface area contributed by atoms with Crippen LogP contribution in [-0.4, -0.2) is 33.9 Å². The number of amides is 1. The van der Waals surface area contributed by atoms with E-state index in [-0.39, 0.29) is 42.5 Å². The van der Waals surface area contributed by atoms with E-state index in [0.717, 1.165) is 5.56 Å². The van der Waals surface area contributed by atoms with Crippen molar-refractivity contribution < 1.29 is 18.9 Å². The van der Waals surface area contributed by atoms with Gasteiger partial charge < -0.3 is 19.4 Å². The highest BCUT2D eigenvalue weighted by molar-refractivity contribution is 5.95. The van der Waals surface area contributed by atoms with Gasteiger partial charge in [-0.05, 0) is 17.6 Å². The van der Waals surface area contributed by atoms with Crippen LogP contribution in [-0.2, 0) is 13.7 Å². The Kier molecular flexibility index (Phi) is 6.05. The van der Waals surface area contributed by atoms with E-state index in [1.807, 2.05) is 30.3 Å². The Morgan fingerprint density at radius 1 is 1.18 bits per heavy atom. The molecule has 0 radical (unpaired) electrons. The van der Waals surface area contributed by atoms with Crippen molar-refractivity contribution in [3.63, 3.8) is 0 Å². The maximum atomic E-state index is 12.6. The molecule has 1 amide bonds. The first-order chi connectivity index (χ1) is 13.6. The molecule has 1 N–H and O–H groups in total.